The molecule has 2 N–H and O–H groups in total. The number of hydrogen-bond donors (Lipinski definition) is 2. The predicted molar refractivity (Wildman–Crippen MR) is 107 cm³/mol. The van der Waals surface area contributed by atoms with E-state index in [4.69, 9.17) is 4.74 Å². The summed E-state index contributed by atoms with van der Waals surface area (Å²) >= 11 is 0. The van der Waals surface area contributed by atoms with Crippen LogP contribution in [0.5, 0.6) is 5.75 Å². The first-order valence-corrected chi connectivity index (χ1v) is 10.3. The predicted octanol–water partition coefficient (Wildman–Crippen LogP) is 4.27. The highest BCUT2D eigenvalue weighted by Crippen LogP contribution is 2.34. The fraction of sp³-hybridized carbons (Fsp3) is 0.545. The van der Waals surface area contributed by atoms with Gasteiger partial charge in [-0.15, -0.1) is 0 Å². The van der Waals surface area contributed by atoms with Crippen LogP contribution >= 0.6 is 0 Å². The number of benzene rings is 1. The lowest BCUT2D eigenvalue weighted by Crippen LogP contribution is -2.48. The number of nitrogens with zero attached hydrogens (tertiary/aromatic N) is 1. The van der Waals surface area contributed by atoms with Crippen molar-refractivity contribution >= 4 is 12.0 Å². The number of phenols is 1. The molecule has 28 heavy (non-hydrogen) atoms. The molecular formula is C22H30N2O4. The number of hydrogen-bond acceptors (Lipinski definition) is 4. The largest absolute Gasteiger partial charge is 0.508 e. The Bertz CT molecular complexity index is 753. The molecule has 1 aromatic carbocycles. The van der Waals surface area contributed by atoms with Crippen LogP contribution in [0.25, 0.3) is 0 Å². The second kappa shape index (κ2) is 9.13. The van der Waals surface area contributed by atoms with Gasteiger partial charge in [0.1, 0.15) is 5.75 Å². The lowest BCUT2D eigenvalue weighted by molar-refractivity contribution is -0.141. The van der Waals surface area contributed by atoms with E-state index in [1.54, 1.807) is 29.2 Å². The van der Waals surface area contributed by atoms with Crippen LogP contribution in [0.15, 0.2) is 35.5 Å². The number of rotatable bonds is 6. The van der Waals surface area contributed by atoms with Gasteiger partial charge in [0, 0.05) is 12.2 Å². The summed E-state index contributed by atoms with van der Waals surface area (Å²) in [5, 5.41) is 12.8. The second-order valence-electron chi connectivity index (χ2n) is 7.54. The molecule has 0 bridgehead atoms. The molecule has 1 heterocycles. The highest BCUT2D eigenvalue weighted by atomic mass is 16.5. The minimum absolute atomic E-state index is 0.0950. The van der Waals surface area contributed by atoms with E-state index in [9.17, 15) is 14.7 Å². The van der Waals surface area contributed by atoms with E-state index in [0.29, 0.717) is 42.3 Å². The number of aromatic hydroxyl groups is 1. The summed E-state index contributed by atoms with van der Waals surface area (Å²) < 4.78 is 5.73. The molecular weight excluding hydrogens is 356 g/mol. The van der Waals surface area contributed by atoms with E-state index in [-0.39, 0.29) is 17.7 Å². The third-order valence-electron chi connectivity index (χ3n) is 5.69. The Labute approximate surface area is 166 Å². The Morgan fingerprint density at radius 2 is 2.00 bits per heavy atom. The summed E-state index contributed by atoms with van der Waals surface area (Å²) in [7, 11) is 0. The average molecular weight is 386 g/mol. The van der Waals surface area contributed by atoms with E-state index in [0.717, 1.165) is 12.8 Å². The summed E-state index contributed by atoms with van der Waals surface area (Å²) in [4.78, 5) is 27.3. The Kier molecular flexibility index (Phi) is 6.60. The molecule has 1 aliphatic heterocycles. The summed E-state index contributed by atoms with van der Waals surface area (Å²) in [6, 6.07) is 5.78. The van der Waals surface area contributed by atoms with Gasteiger partial charge in [-0.2, -0.15) is 0 Å². The minimum Gasteiger partial charge on any atom is -0.508 e. The third kappa shape index (κ3) is 4.32. The Morgan fingerprint density at radius 1 is 1.25 bits per heavy atom. The van der Waals surface area contributed by atoms with Gasteiger partial charge in [0.05, 0.1) is 18.2 Å². The zero-order valence-corrected chi connectivity index (χ0v) is 16.7. The molecule has 0 aromatic heterocycles. The van der Waals surface area contributed by atoms with Gasteiger partial charge >= 0.3 is 12.0 Å². The molecule has 0 saturated heterocycles. The SMILES string of the molecule is CCC1=C(C(=O)OCC2CCCCC2)C(c2cccc(O)c2)NC(=O)N1CC. The van der Waals surface area contributed by atoms with Crippen molar-refractivity contribution in [2.24, 2.45) is 5.92 Å². The van der Waals surface area contributed by atoms with Crippen molar-refractivity contribution < 1.29 is 19.4 Å². The first-order chi connectivity index (χ1) is 13.5. The molecule has 1 aromatic rings. The third-order valence-corrected chi connectivity index (χ3v) is 5.69. The van der Waals surface area contributed by atoms with Crippen molar-refractivity contribution in [1.82, 2.24) is 10.2 Å². The molecule has 6 nitrogen and oxygen atoms in total. The number of esters is 1. The van der Waals surface area contributed by atoms with Crippen LogP contribution in [-0.4, -0.2) is 35.2 Å². The van der Waals surface area contributed by atoms with Crippen LogP contribution in [-0.2, 0) is 9.53 Å². The van der Waals surface area contributed by atoms with Crippen LogP contribution in [0.3, 0.4) is 0 Å². The van der Waals surface area contributed by atoms with Crippen LogP contribution in [0.2, 0.25) is 0 Å². The first-order valence-electron chi connectivity index (χ1n) is 10.3. The summed E-state index contributed by atoms with van der Waals surface area (Å²) in [5.74, 6) is 0.134. The molecule has 1 unspecified atom stereocenters. The van der Waals surface area contributed by atoms with Crippen molar-refractivity contribution in [3.8, 4) is 5.75 Å². The molecule has 2 amide bonds. The molecule has 0 spiro atoms. The van der Waals surface area contributed by atoms with Gasteiger partial charge in [0.15, 0.2) is 0 Å². The molecule has 1 aliphatic carbocycles. The lowest BCUT2D eigenvalue weighted by Gasteiger charge is -2.36. The van der Waals surface area contributed by atoms with E-state index in [1.807, 2.05) is 13.8 Å². The Hall–Kier alpha value is -2.50. The number of carbonyl (C=O) groups excluding carboxylic acids is 2. The van der Waals surface area contributed by atoms with Gasteiger partial charge in [-0.25, -0.2) is 9.59 Å². The molecule has 6 heteroatoms. The highest BCUT2D eigenvalue weighted by molar-refractivity contribution is 5.95. The maximum absolute atomic E-state index is 13.1. The standard InChI is InChI=1S/C22H30N2O4/c1-3-18-19(21(26)28-14-15-9-6-5-7-10-15)20(23-22(27)24(18)4-2)16-11-8-12-17(25)13-16/h8,11-13,15,20,25H,3-7,9-10,14H2,1-2H3,(H,23,27). The Morgan fingerprint density at radius 3 is 2.64 bits per heavy atom. The van der Waals surface area contributed by atoms with Gasteiger partial charge in [-0.05, 0) is 49.8 Å². The van der Waals surface area contributed by atoms with Gasteiger partial charge in [0.2, 0.25) is 0 Å². The van der Waals surface area contributed by atoms with Crippen molar-refractivity contribution in [1.29, 1.82) is 0 Å². The molecule has 3 rings (SSSR count). The molecule has 2 aliphatic rings. The van der Waals surface area contributed by atoms with Crippen molar-refractivity contribution in [3.05, 3.63) is 41.1 Å². The van der Waals surface area contributed by atoms with Crippen LogP contribution in [0.4, 0.5) is 4.79 Å². The van der Waals surface area contributed by atoms with Crippen LogP contribution in [0.1, 0.15) is 64.0 Å². The second-order valence-corrected chi connectivity index (χ2v) is 7.54. The van der Waals surface area contributed by atoms with E-state index in [1.165, 1.54) is 19.3 Å². The maximum atomic E-state index is 13.1. The zero-order chi connectivity index (χ0) is 20.1. The van der Waals surface area contributed by atoms with E-state index in [2.05, 4.69) is 5.32 Å². The maximum Gasteiger partial charge on any atom is 0.338 e. The number of amides is 2. The van der Waals surface area contributed by atoms with Crippen molar-refractivity contribution in [3.63, 3.8) is 0 Å². The monoisotopic (exact) mass is 386 g/mol. The zero-order valence-electron chi connectivity index (χ0n) is 16.7. The van der Waals surface area contributed by atoms with Gasteiger partial charge in [-0.3, -0.25) is 4.90 Å². The van der Waals surface area contributed by atoms with E-state index >= 15 is 0 Å². The van der Waals surface area contributed by atoms with Gasteiger partial charge in [0.25, 0.3) is 0 Å². The molecule has 1 saturated carbocycles. The topological polar surface area (TPSA) is 78.9 Å². The minimum atomic E-state index is -0.629. The number of nitrogens with one attached hydrogen (secondary N) is 1. The number of phenolic OH excluding ortho intramolecular Hbond substituents is 1. The van der Waals surface area contributed by atoms with Crippen LogP contribution < -0.4 is 5.32 Å². The molecule has 1 atom stereocenters. The van der Waals surface area contributed by atoms with Crippen LogP contribution in [0, 0.1) is 5.92 Å². The number of urea groups is 1. The smallest absolute Gasteiger partial charge is 0.338 e. The van der Waals surface area contributed by atoms with Gasteiger partial charge in [-0.1, -0.05) is 38.3 Å². The lowest BCUT2D eigenvalue weighted by atomic mass is 9.90. The molecule has 0 radical (unpaired) electrons. The number of carbonyl (C=O) groups is 2. The Balaban J connectivity index is 1.91. The summed E-state index contributed by atoms with van der Waals surface area (Å²) in [5.41, 5.74) is 1.82. The molecule has 152 valence electrons. The highest BCUT2D eigenvalue weighted by Gasteiger charge is 2.37. The van der Waals surface area contributed by atoms with E-state index < -0.39 is 6.04 Å². The fourth-order valence-corrected chi connectivity index (χ4v) is 4.24. The normalized spacial score (nSPS) is 20.9. The summed E-state index contributed by atoms with van der Waals surface area (Å²) in [6.07, 6.45) is 6.38. The number of allylic oxidation sites excluding steroid dienone is 1. The van der Waals surface area contributed by atoms with Gasteiger partial charge < -0.3 is 15.2 Å². The van der Waals surface area contributed by atoms with Crippen molar-refractivity contribution in [2.75, 3.05) is 13.2 Å². The average Bonchev–Trinajstić information content (AvgIpc) is 2.71. The van der Waals surface area contributed by atoms with Crippen molar-refractivity contribution in [2.45, 2.75) is 58.4 Å². The fourth-order valence-electron chi connectivity index (χ4n) is 4.24. The summed E-state index contributed by atoms with van der Waals surface area (Å²) in [6.45, 7) is 4.72. The number of ether oxygens (including phenoxy) is 1. The quantitative estimate of drug-likeness (QED) is 0.716. The first kappa shape index (κ1) is 20.2. The molecule has 1 fully saturated rings.